The molecule has 0 aliphatic heterocycles. The quantitative estimate of drug-likeness (QED) is 0.331. The molecule has 1 aliphatic carbocycles. The molecule has 36 heavy (non-hydrogen) atoms. The lowest BCUT2D eigenvalue weighted by Crippen LogP contribution is -2.47. The molecule has 0 fully saturated rings. The molecule has 0 saturated carbocycles. The van der Waals surface area contributed by atoms with Gasteiger partial charge < -0.3 is 20.8 Å². The summed E-state index contributed by atoms with van der Waals surface area (Å²) in [7, 11) is 1.63. The minimum absolute atomic E-state index is 0.0866. The van der Waals surface area contributed by atoms with Crippen LogP contribution in [0.4, 0.5) is 0 Å². The maximum absolute atomic E-state index is 12.7. The number of rotatable bonds is 11. The highest BCUT2D eigenvalue weighted by atomic mass is 16.3. The molecule has 188 valence electrons. The van der Waals surface area contributed by atoms with Crippen molar-refractivity contribution in [1.82, 2.24) is 10.6 Å². The molecule has 5 heteroatoms. The zero-order chi connectivity index (χ0) is 25.3. The molecule has 0 unspecified atom stereocenters. The normalized spacial score (nSPS) is 19.5. The third kappa shape index (κ3) is 6.70. The van der Waals surface area contributed by atoms with Crippen LogP contribution in [0.2, 0.25) is 0 Å². The Morgan fingerprint density at radius 1 is 1.00 bits per heavy atom. The molecule has 4 rings (SSSR count). The van der Waals surface area contributed by atoms with Crippen molar-refractivity contribution in [3.05, 3.63) is 113 Å². The predicted octanol–water partition coefficient (Wildman–Crippen LogP) is 4.06. The molecule has 0 heterocycles. The van der Waals surface area contributed by atoms with Crippen LogP contribution in [0.1, 0.15) is 41.1 Å². The van der Waals surface area contributed by atoms with Gasteiger partial charge in [-0.3, -0.25) is 4.79 Å². The molecule has 5 atom stereocenters. The molecule has 3 aromatic rings. The monoisotopic (exact) mass is 484 g/mol. The number of nitrogens with one attached hydrogen (secondary N) is 2. The van der Waals surface area contributed by atoms with E-state index in [4.69, 9.17) is 0 Å². The van der Waals surface area contributed by atoms with Crippen LogP contribution >= 0.6 is 0 Å². The van der Waals surface area contributed by atoms with Crippen LogP contribution in [0.3, 0.4) is 0 Å². The van der Waals surface area contributed by atoms with Crippen molar-refractivity contribution in [3.63, 3.8) is 0 Å². The highest BCUT2D eigenvalue weighted by Gasteiger charge is 2.35. The second-order valence-corrected chi connectivity index (χ2v) is 9.57. The maximum atomic E-state index is 12.7. The molecule has 4 N–H and O–H groups in total. The number of hydrogen-bond acceptors (Lipinski definition) is 4. The summed E-state index contributed by atoms with van der Waals surface area (Å²) in [5, 5.41) is 28.6. The molecule has 0 saturated heterocycles. The van der Waals surface area contributed by atoms with Crippen molar-refractivity contribution in [2.24, 2.45) is 5.92 Å². The van der Waals surface area contributed by atoms with Crippen LogP contribution < -0.4 is 10.6 Å². The number of aliphatic hydroxyl groups is 2. The molecule has 1 aliphatic rings. The van der Waals surface area contributed by atoms with E-state index >= 15 is 0 Å². The zero-order valence-corrected chi connectivity index (χ0v) is 20.8. The Morgan fingerprint density at radius 2 is 1.67 bits per heavy atom. The standard InChI is InChI=1S/C31H36N2O3/c1-32-31(36)25(17-10-15-22-11-4-2-5-12-22)21-28(34)27(19-23-13-6-3-7-14-23)33-30-26-18-9-8-16-24(26)20-29(30)35/h2-16,18,25,27-30,33-35H,17,19-21H2,1H3,(H,32,36)/t25-,27+,28+,29-,30+/m1/s1. The highest BCUT2D eigenvalue weighted by molar-refractivity contribution is 5.78. The molecule has 1 amide bonds. The van der Waals surface area contributed by atoms with E-state index in [-0.39, 0.29) is 23.9 Å². The Kier molecular flexibility index (Phi) is 9.06. The van der Waals surface area contributed by atoms with Crippen molar-refractivity contribution in [2.45, 2.75) is 50.0 Å². The summed E-state index contributed by atoms with van der Waals surface area (Å²) < 4.78 is 0. The number of carbonyl (C=O) groups excluding carboxylic acids is 1. The SMILES string of the molecule is CNC(=O)[C@H](CC=Cc1ccccc1)C[C@H](O)[C@H](Cc1ccccc1)N[C@H]1c2ccccc2C[C@H]1O. The van der Waals surface area contributed by atoms with Gasteiger partial charge in [0.2, 0.25) is 5.91 Å². The van der Waals surface area contributed by atoms with Crippen LogP contribution in [-0.2, 0) is 17.6 Å². The first kappa shape index (κ1) is 25.8. The third-order valence-corrected chi connectivity index (χ3v) is 7.03. The predicted molar refractivity (Wildman–Crippen MR) is 144 cm³/mol. The van der Waals surface area contributed by atoms with Crippen molar-refractivity contribution in [3.8, 4) is 0 Å². The molecule has 0 aromatic heterocycles. The first-order valence-electron chi connectivity index (χ1n) is 12.7. The number of fused-ring (bicyclic) bond motifs is 1. The molecule has 5 nitrogen and oxygen atoms in total. The molecular formula is C31H36N2O3. The number of amides is 1. The molecular weight excluding hydrogens is 448 g/mol. The lowest BCUT2D eigenvalue weighted by Gasteiger charge is -2.31. The second-order valence-electron chi connectivity index (χ2n) is 9.57. The Bertz CT molecular complexity index is 1130. The van der Waals surface area contributed by atoms with Crippen molar-refractivity contribution < 1.29 is 15.0 Å². The van der Waals surface area contributed by atoms with E-state index in [1.165, 1.54) is 0 Å². The van der Waals surface area contributed by atoms with E-state index in [2.05, 4.69) is 10.6 Å². The van der Waals surface area contributed by atoms with Crippen LogP contribution in [0.15, 0.2) is 91.0 Å². The van der Waals surface area contributed by atoms with Crippen LogP contribution in [0.5, 0.6) is 0 Å². The van der Waals surface area contributed by atoms with E-state index < -0.39 is 12.2 Å². The second kappa shape index (κ2) is 12.6. The van der Waals surface area contributed by atoms with Crippen molar-refractivity contribution in [2.75, 3.05) is 7.05 Å². The van der Waals surface area contributed by atoms with Gasteiger partial charge in [0.25, 0.3) is 0 Å². The number of hydrogen-bond donors (Lipinski definition) is 4. The summed E-state index contributed by atoms with van der Waals surface area (Å²) in [5.41, 5.74) is 4.37. The summed E-state index contributed by atoms with van der Waals surface area (Å²) in [6, 6.07) is 27.5. The largest absolute Gasteiger partial charge is 0.391 e. The summed E-state index contributed by atoms with van der Waals surface area (Å²) in [6.07, 6.45) is 4.69. The Labute approximate surface area is 213 Å². The first-order chi connectivity index (χ1) is 17.5. The highest BCUT2D eigenvalue weighted by Crippen LogP contribution is 2.32. The fourth-order valence-electron chi connectivity index (χ4n) is 5.08. The average Bonchev–Trinajstić information content (AvgIpc) is 3.23. The van der Waals surface area contributed by atoms with Crippen LogP contribution in [0.25, 0.3) is 6.08 Å². The maximum Gasteiger partial charge on any atom is 0.223 e. The van der Waals surface area contributed by atoms with Crippen molar-refractivity contribution in [1.29, 1.82) is 0 Å². The van der Waals surface area contributed by atoms with E-state index in [1.54, 1.807) is 7.05 Å². The fourth-order valence-corrected chi connectivity index (χ4v) is 5.08. The van der Waals surface area contributed by atoms with E-state index in [0.29, 0.717) is 25.7 Å². The van der Waals surface area contributed by atoms with Gasteiger partial charge in [-0.25, -0.2) is 0 Å². The summed E-state index contributed by atoms with van der Waals surface area (Å²) in [5.74, 6) is -0.456. The van der Waals surface area contributed by atoms with Gasteiger partial charge in [0.1, 0.15) is 0 Å². The Hall–Kier alpha value is -3.25. The lowest BCUT2D eigenvalue weighted by molar-refractivity contribution is -0.125. The summed E-state index contributed by atoms with van der Waals surface area (Å²) in [6.45, 7) is 0. The van der Waals surface area contributed by atoms with Crippen LogP contribution in [-0.4, -0.2) is 41.4 Å². The smallest absolute Gasteiger partial charge is 0.223 e. The first-order valence-corrected chi connectivity index (χ1v) is 12.7. The topological polar surface area (TPSA) is 81.6 Å². The summed E-state index contributed by atoms with van der Waals surface area (Å²) >= 11 is 0. The van der Waals surface area contributed by atoms with Gasteiger partial charge in [-0.1, -0.05) is 97.1 Å². The fraction of sp³-hybridized carbons (Fsp3) is 0.323. The van der Waals surface area contributed by atoms with Crippen LogP contribution in [0, 0.1) is 5.92 Å². The Morgan fingerprint density at radius 3 is 2.39 bits per heavy atom. The van der Waals surface area contributed by atoms with E-state index in [9.17, 15) is 15.0 Å². The number of allylic oxidation sites excluding steroid dienone is 1. The van der Waals surface area contributed by atoms with Gasteiger partial charge >= 0.3 is 0 Å². The minimum Gasteiger partial charge on any atom is -0.391 e. The van der Waals surface area contributed by atoms with Crippen molar-refractivity contribution >= 4 is 12.0 Å². The summed E-state index contributed by atoms with van der Waals surface area (Å²) in [4.78, 5) is 12.7. The van der Waals surface area contributed by atoms with E-state index in [0.717, 1.165) is 22.3 Å². The van der Waals surface area contributed by atoms with Gasteiger partial charge in [0.05, 0.1) is 18.2 Å². The number of carbonyl (C=O) groups is 1. The minimum atomic E-state index is -0.780. The lowest BCUT2D eigenvalue weighted by atomic mass is 9.89. The van der Waals surface area contributed by atoms with Gasteiger partial charge in [0.15, 0.2) is 0 Å². The number of benzene rings is 3. The van der Waals surface area contributed by atoms with Gasteiger partial charge in [-0.2, -0.15) is 0 Å². The van der Waals surface area contributed by atoms with Gasteiger partial charge in [-0.05, 0) is 41.5 Å². The molecule has 0 radical (unpaired) electrons. The number of aliphatic hydroxyl groups excluding tert-OH is 2. The zero-order valence-electron chi connectivity index (χ0n) is 20.8. The van der Waals surface area contributed by atoms with Gasteiger partial charge in [0, 0.05) is 25.4 Å². The average molecular weight is 485 g/mol. The third-order valence-electron chi connectivity index (χ3n) is 7.03. The molecule has 3 aromatic carbocycles. The Balaban J connectivity index is 1.51. The van der Waals surface area contributed by atoms with Gasteiger partial charge in [-0.15, -0.1) is 0 Å². The molecule has 0 bridgehead atoms. The molecule has 0 spiro atoms. The van der Waals surface area contributed by atoms with E-state index in [1.807, 2.05) is 97.1 Å².